The van der Waals surface area contributed by atoms with Crippen LogP contribution in [0, 0.1) is 5.92 Å². The minimum atomic E-state index is 0.341. The molecule has 1 aromatic rings. The van der Waals surface area contributed by atoms with Crippen molar-refractivity contribution in [2.24, 2.45) is 11.7 Å². The molecule has 110 valence electrons. The summed E-state index contributed by atoms with van der Waals surface area (Å²) in [6.45, 7) is 2.31. The van der Waals surface area contributed by atoms with Crippen LogP contribution in [0.4, 0.5) is 0 Å². The van der Waals surface area contributed by atoms with Crippen LogP contribution in [0.5, 0.6) is 0 Å². The molecule has 2 unspecified atom stereocenters. The van der Waals surface area contributed by atoms with Crippen molar-refractivity contribution >= 4 is 11.6 Å². The average molecular weight is 293 g/mol. The maximum atomic E-state index is 6.30. The molecule has 2 aliphatic rings. The molecule has 1 heterocycles. The fourth-order valence-electron chi connectivity index (χ4n) is 4.00. The zero-order chi connectivity index (χ0) is 13.9. The van der Waals surface area contributed by atoms with Crippen LogP contribution in [0.15, 0.2) is 24.3 Å². The van der Waals surface area contributed by atoms with Crippen molar-refractivity contribution in [3.8, 4) is 0 Å². The molecule has 2 N–H and O–H groups in total. The Hall–Kier alpha value is -0.570. The van der Waals surface area contributed by atoms with E-state index in [1.165, 1.54) is 37.8 Å². The van der Waals surface area contributed by atoms with Gasteiger partial charge in [0.05, 0.1) is 0 Å². The Bertz CT molecular complexity index is 442. The second-order valence-electron chi connectivity index (χ2n) is 6.59. The van der Waals surface area contributed by atoms with E-state index in [4.69, 9.17) is 17.3 Å². The van der Waals surface area contributed by atoms with Crippen LogP contribution in [0.1, 0.15) is 37.7 Å². The number of hydrogen-bond acceptors (Lipinski definition) is 2. The Morgan fingerprint density at radius 3 is 2.75 bits per heavy atom. The molecule has 1 saturated carbocycles. The maximum absolute atomic E-state index is 6.30. The van der Waals surface area contributed by atoms with E-state index in [1.54, 1.807) is 0 Å². The third kappa shape index (κ3) is 3.55. The lowest BCUT2D eigenvalue weighted by atomic mass is 9.88. The van der Waals surface area contributed by atoms with Gasteiger partial charge >= 0.3 is 0 Å². The number of hydrogen-bond donors (Lipinski definition) is 1. The fourth-order valence-corrected chi connectivity index (χ4v) is 4.21. The predicted molar refractivity (Wildman–Crippen MR) is 85.1 cm³/mol. The molecule has 0 radical (unpaired) electrons. The van der Waals surface area contributed by atoms with Crippen molar-refractivity contribution in [2.45, 2.75) is 50.6 Å². The number of likely N-dealkylation sites (tertiary alicyclic amines) is 1. The van der Waals surface area contributed by atoms with Gasteiger partial charge in [-0.1, -0.05) is 36.6 Å². The average Bonchev–Trinajstić information content (AvgIpc) is 2.91. The molecular formula is C17H25ClN2. The lowest BCUT2D eigenvalue weighted by Gasteiger charge is -2.40. The summed E-state index contributed by atoms with van der Waals surface area (Å²) in [5.74, 6) is 0.679. The van der Waals surface area contributed by atoms with Crippen LogP contribution in [-0.2, 0) is 6.42 Å². The lowest BCUT2D eigenvalue weighted by Crippen LogP contribution is -2.50. The molecule has 1 aliphatic carbocycles. The van der Waals surface area contributed by atoms with Crippen molar-refractivity contribution in [1.29, 1.82) is 0 Å². The van der Waals surface area contributed by atoms with Gasteiger partial charge in [-0.3, -0.25) is 4.90 Å². The van der Waals surface area contributed by atoms with Gasteiger partial charge in [0, 0.05) is 30.2 Å². The molecule has 3 heteroatoms. The summed E-state index contributed by atoms with van der Waals surface area (Å²) in [4.78, 5) is 2.66. The van der Waals surface area contributed by atoms with Crippen molar-refractivity contribution in [3.63, 3.8) is 0 Å². The van der Waals surface area contributed by atoms with E-state index in [0.29, 0.717) is 12.0 Å². The molecule has 1 saturated heterocycles. The predicted octanol–water partition coefficient (Wildman–Crippen LogP) is 3.47. The highest BCUT2D eigenvalue weighted by molar-refractivity contribution is 6.30. The molecular weight excluding hydrogens is 268 g/mol. The normalized spacial score (nSPS) is 28.9. The van der Waals surface area contributed by atoms with Gasteiger partial charge in [-0.25, -0.2) is 0 Å². The highest BCUT2D eigenvalue weighted by atomic mass is 35.5. The second kappa shape index (κ2) is 6.46. The molecule has 2 nitrogen and oxygen atoms in total. The Morgan fingerprint density at radius 1 is 1.20 bits per heavy atom. The van der Waals surface area contributed by atoms with E-state index >= 15 is 0 Å². The summed E-state index contributed by atoms with van der Waals surface area (Å²) in [5, 5.41) is 0.843. The van der Waals surface area contributed by atoms with E-state index in [2.05, 4.69) is 23.1 Å². The van der Waals surface area contributed by atoms with Crippen molar-refractivity contribution < 1.29 is 0 Å². The van der Waals surface area contributed by atoms with Crippen LogP contribution in [0.2, 0.25) is 5.02 Å². The SMILES string of the molecule is NC1CC(Cc2cccc(Cl)c2)CN(C2CCCC2)C1. The fraction of sp³-hybridized carbons (Fsp3) is 0.647. The molecule has 0 amide bonds. The summed E-state index contributed by atoms with van der Waals surface area (Å²) in [6.07, 6.45) is 7.80. The molecule has 0 spiro atoms. The maximum Gasteiger partial charge on any atom is 0.0408 e. The molecule has 1 aromatic carbocycles. The van der Waals surface area contributed by atoms with Gasteiger partial charge in [-0.05, 0) is 49.3 Å². The molecule has 0 bridgehead atoms. The third-order valence-corrected chi connectivity index (χ3v) is 5.09. The van der Waals surface area contributed by atoms with E-state index in [0.717, 1.165) is 30.5 Å². The van der Waals surface area contributed by atoms with Crippen molar-refractivity contribution in [1.82, 2.24) is 4.90 Å². The van der Waals surface area contributed by atoms with E-state index in [-0.39, 0.29) is 0 Å². The molecule has 1 aliphatic heterocycles. The van der Waals surface area contributed by atoms with Gasteiger partial charge in [0.15, 0.2) is 0 Å². The number of halogens is 1. The Balaban J connectivity index is 1.63. The molecule has 2 fully saturated rings. The number of nitrogens with two attached hydrogens (primary N) is 1. The van der Waals surface area contributed by atoms with Crippen LogP contribution < -0.4 is 5.73 Å². The summed E-state index contributed by atoms with van der Waals surface area (Å²) in [6, 6.07) is 9.42. The van der Waals surface area contributed by atoms with Crippen molar-refractivity contribution in [2.75, 3.05) is 13.1 Å². The quantitative estimate of drug-likeness (QED) is 0.924. The molecule has 20 heavy (non-hydrogen) atoms. The minimum Gasteiger partial charge on any atom is -0.327 e. The lowest BCUT2D eigenvalue weighted by molar-refractivity contribution is 0.111. The van der Waals surface area contributed by atoms with Crippen LogP contribution >= 0.6 is 11.6 Å². The molecule has 2 atom stereocenters. The van der Waals surface area contributed by atoms with Gasteiger partial charge in [0.25, 0.3) is 0 Å². The minimum absolute atomic E-state index is 0.341. The highest BCUT2D eigenvalue weighted by Crippen LogP contribution is 2.29. The van der Waals surface area contributed by atoms with Gasteiger partial charge in [-0.15, -0.1) is 0 Å². The zero-order valence-corrected chi connectivity index (χ0v) is 12.9. The first kappa shape index (κ1) is 14.4. The van der Waals surface area contributed by atoms with Gasteiger partial charge in [0.1, 0.15) is 0 Å². The van der Waals surface area contributed by atoms with Gasteiger partial charge in [-0.2, -0.15) is 0 Å². The monoisotopic (exact) mass is 292 g/mol. The summed E-state index contributed by atoms with van der Waals surface area (Å²) >= 11 is 6.09. The Labute approximate surface area is 127 Å². The van der Waals surface area contributed by atoms with Crippen LogP contribution in [-0.4, -0.2) is 30.1 Å². The van der Waals surface area contributed by atoms with Gasteiger partial charge in [0.2, 0.25) is 0 Å². The summed E-state index contributed by atoms with van der Waals surface area (Å²) < 4.78 is 0. The first-order chi connectivity index (χ1) is 9.70. The summed E-state index contributed by atoms with van der Waals surface area (Å²) in [5.41, 5.74) is 7.65. The van der Waals surface area contributed by atoms with E-state index in [1.807, 2.05) is 6.07 Å². The number of benzene rings is 1. The topological polar surface area (TPSA) is 29.3 Å². The van der Waals surface area contributed by atoms with E-state index in [9.17, 15) is 0 Å². The third-order valence-electron chi connectivity index (χ3n) is 4.85. The van der Waals surface area contributed by atoms with Crippen LogP contribution in [0.25, 0.3) is 0 Å². The number of piperidine rings is 1. The Morgan fingerprint density at radius 2 is 2.00 bits per heavy atom. The molecule has 0 aromatic heterocycles. The van der Waals surface area contributed by atoms with Crippen molar-refractivity contribution in [3.05, 3.63) is 34.9 Å². The first-order valence-corrected chi connectivity index (χ1v) is 8.32. The first-order valence-electron chi connectivity index (χ1n) is 7.95. The summed E-state index contributed by atoms with van der Waals surface area (Å²) in [7, 11) is 0. The zero-order valence-electron chi connectivity index (χ0n) is 12.1. The molecule has 3 rings (SSSR count). The number of nitrogens with zero attached hydrogens (tertiary/aromatic N) is 1. The standard InChI is InChI=1S/C17H25ClN2/c18-15-5-3-4-13(9-15)8-14-10-16(19)12-20(11-14)17-6-1-2-7-17/h3-5,9,14,16-17H,1-2,6-8,10-12,19H2. The number of rotatable bonds is 3. The largest absolute Gasteiger partial charge is 0.327 e. The van der Waals surface area contributed by atoms with E-state index < -0.39 is 0 Å². The second-order valence-corrected chi connectivity index (χ2v) is 7.02. The Kier molecular flexibility index (Phi) is 4.65. The van der Waals surface area contributed by atoms with Crippen LogP contribution in [0.3, 0.4) is 0 Å². The van der Waals surface area contributed by atoms with Gasteiger partial charge < -0.3 is 5.73 Å². The highest BCUT2D eigenvalue weighted by Gasteiger charge is 2.31. The smallest absolute Gasteiger partial charge is 0.0408 e.